The van der Waals surface area contributed by atoms with Crippen molar-refractivity contribution in [3.05, 3.63) is 48.1 Å². The maximum atomic E-state index is 5.93. The SMILES string of the molecule is C[N+](C)(CCCCCCCCCCOc1c(Br)cc(Br)cc1Br)Cc1ccc(Br)o1.[Br-]. The number of rotatable bonds is 14. The number of unbranched alkanes of at least 4 members (excludes halogenated alkanes) is 7. The van der Waals surface area contributed by atoms with E-state index in [0.717, 1.165) is 53.7 Å². The first-order valence-electron chi connectivity index (χ1n) is 10.6. The summed E-state index contributed by atoms with van der Waals surface area (Å²) in [5.74, 6) is 1.94. The predicted octanol–water partition coefficient (Wildman–Crippen LogP) is 6.11. The Morgan fingerprint density at radius 3 is 1.90 bits per heavy atom. The van der Waals surface area contributed by atoms with E-state index in [4.69, 9.17) is 9.15 Å². The second kappa shape index (κ2) is 15.5. The van der Waals surface area contributed by atoms with Gasteiger partial charge in [0.25, 0.3) is 0 Å². The van der Waals surface area contributed by atoms with Crippen LogP contribution in [0.5, 0.6) is 5.75 Å². The third kappa shape index (κ3) is 12.1. The molecule has 2 rings (SSSR count). The molecule has 0 atom stereocenters. The van der Waals surface area contributed by atoms with Crippen LogP contribution >= 0.6 is 63.7 Å². The van der Waals surface area contributed by atoms with E-state index in [0.29, 0.717) is 0 Å². The molecule has 0 bridgehead atoms. The molecule has 0 saturated heterocycles. The Kier molecular flexibility index (Phi) is 14.9. The van der Waals surface area contributed by atoms with E-state index in [1.54, 1.807) is 0 Å². The molecule has 31 heavy (non-hydrogen) atoms. The summed E-state index contributed by atoms with van der Waals surface area (Å²) in [6, 6.07) is 8.05. The Balaban J connectivity index is 0.00000480. The summed E-state index contributed by atoms with van der Waals surface area (Å²) < 4.78 is 16.4. The average molecular weight is 754 g/mol. The summed E-state index contributed by atoms with van der Waals surface area (Å²) in [6.07, 6.45) is 10.2. The molecule has 8 heteroatoms. The highest BCUT2D eigenvalue weighted by atomic mass is 79.9. The van der Waals surface area contributed by atoms with Gasteiger partial charge in [0.15, 0.2) is 10.4 Å². The van der Waals surface area contributed by atoms with Crippen molar-refractivity contribution in [2.24, 2.45) is 0 Å². The molecule has 0 saturated carbocycles. The molecule has 0 radical (unpaired) electrons. The van der Waals surface area contributed by atoms with Crippen LogP contribution in [0.3, 0.4) is 0 Å². The van der Waals surface area contributed by atoms with Gasteiger partial charge in [-0.25, -0.2) is 0 Å². The van der Waals surface area contributed by atoms with E-state index >= 15 is 0 Å². The zero-order valence-electron chi connectivity index (χ0n) is 18.2. The predicted molar refractivity (Wildman–Crippen MR) is 139 cm³/mol. The van der Waals surface area contributed by atoms with Gasteiger partial charge in [-0.05, 0) is 91.3 Å². The van der Waals surface area contributed by atoms with E-state index in [9.17, 15) is 0 Å². The summed E-state index contributed by atoms with van der Waals surface area (Å²) in [5.41, 5.74) is 0. The van der Waals surface area contributed by atoms with Crippen molar-refractivity contribution < 1.29 is 30.6 Å². The molecular weight excluding hydrogens is 722 g/mol. The number of nitrogens with zero attached hydrogens (tertiary/aromatic N) is 1. The quantitative estimate of drug-likeness (QED) is 0.172. The molecule has 1 aromatic heterocycles. The van der Waals surface area contributed by atoms with Gasteiger partial charge in [-0.15, -0.1) is 0 Å². The lowest BCUT2D eigenvalue weighted by Gasteiger charge is -2.28. The molecule has 0 aliphatic carbocycles. The van der Waals surface area contributed by atoms with Crippen LogP contribution < -0.4 is 21.7 Å². The molecule has 1 heterocycles. The normalized spacial score (nSPS) is 11.4. The Morgan fingerprint density at radius 1 is 0.806 bits per heavy atom. The minimum Gasteiger partial charge on any atom is -1.00 e. The lowest BCUT2D eigenvalue weighted by Crippen LogP contribution is -3.00. The fourth-order valence-electron chi connectivity index (χ4n) is 3.48. The van der Waals surface area contributed by atoms with Gasteiger partial charge in [0, 0.05) is 4.47 Å². The van der Waals surface area contributed by atoms with Crippen molar-refractivity contribution in [2.75, 3.05) is 27.2 Å². The highest BCUT2D eigenvalue weighted by molar-refractivity contribution is 9.11. The Hall–Kier alpha value is 0.660. The molecule has 1 aromatic carbocycles. The molecule has 0 unspecified atom stereocenters. The summed E-state index contributed by atoms with van der Waals surface area (Å²) in [5, 5.41) is 0. The van der Waals surface area contributed by atoms with Crippen LogP contribution in [0.4, 0.5) is 0 Å². The van der Waals surface area contributed by atoms with Crippen LogP contribution in [0.25, 0.3) is 0 Å². The zero-order chi connectivity index (χ0) is 22.0. The Labute approximate surface area is 231 Å². The molecule has 0 aliphatic heterocycles. The maximum Gasteiger partial charge on any atom is 0.169 e. The zero-order valence-corrected chi connectivity index (χ0v) is 26.2. The fourth-order valence-corrected chi connectivity index (χ4v) is 6.31. The average Bonchev–Trinajstić information content (AvgIpc) is 3.05. The monoisotopic (exact) mass is 749 g/mol. The molecule has 2 aromatic rings. The number of quaternary nitrogens is 1. The Morgan fingerprint density at radius 2 is 1.35 bits per heavy atom. The van der Waals surface area contributed by atoms with Crippen LogP contribution in [-0.2, 0) is 6.54 Å². The van der Waals surface area contributed by atoms with Crippen LogP contribution in [0, 0.1) is 0 Å². The third-order valence-electron chi connectivity index (χ3n) is 5.08. The summed E-state index contributed by atoms with van der Waals surface area (Å²) in [4.78, 5) is 0. The van der Waals surface area contributed by atoms with E-state index in [-0.39, 0.29) is 17.0 Å². The largest absolute Gasteiger partial charge is 1.00 e. The van der Waals surface area contributed by atoms with Gasteiger partial charge in [-0.1, -0.05) is 48.0 Å². The van der Waals surface area contributed by atoms with Crippen molar-refractivity contribution in [1.29, 1.82) is 0 Å². The number of hydrogen-bond donors (Lipinski definition) is 0. The smallest absolute Gasteiger partial charge is 0.169 e. The highest BCUT2D eigenvalue weighted by Crippen LogP contribution is 2.36. The highest BCUT2D eigenvalue weighted by Gasteiger charge is 2.17. The van der Waals surface area contributed by atoms with E-state index < -0.39 is 0 Å². The first kappa shape index (κ1) is 29.7. The van der Waals surface area contributed by atoms with E-state index in [1.807, 2.05) is 18.2 Å². The molecule has 3 nitrogen and oxygen atoms in total. The van der Waals surface area contributed by atoms with Gasteiger partial charge in [0.1, 0.15) is 12.3 Å². The van der Waals surface area contributed by atoms with E-state index in [1.165, 1.54) is 51.5 Å². The van der Waals surface area contributed by atoms with Crippen molar-refractivity contribution in [2.45, 2.75) is 57.9 Å². The first-order valence-corrected chi connectivity index (χ1v) is 13.8. The summed E-state index contributed by atoms with van der Waals surface area (Å²) in [6.45, 7) is 2.90. The first-order chi connectivity index (χ1) is 14.3. The lowest BCUT2D eigenvalue weighted by molar-refractivity contribution is -0.904. The number of halogens is 5. The summed E-state index contributed by atoms with van der Waals surface area (Å²) >= 11 is 14.0. The maximum absolute atomic E-state index is 5.93. The molecule has 176 valence electrons. The molecule has 0 fully saturated rings. The number of benzene rings is 1. The topological polar surface area (TPSA) is 22.4 Å². The van der Waals surface area contributed by atoms with Crippen molar-refractivity contribution in [1.82, 2.24) is 0 Å². The van der Waals surface area contributed by atoms with Crippen molar-refractivity contribution in [3.63, 3.8) is 0 Å². The molecule has 0 aliphatic rings. The standard InChI is InChI=1S/C23H32Br4NO2.BrH/c1-28(2,17-19-11-12-22(27)30-19)13-9-7-5-3-4-6-8-10-14-29-23-20(25)15-18(24)16-21(23)26;/h11-12,15-16H,3-10,13-14,17H2,1-2H3;1H/q+1;/p-1. The summed E-state index contributed by atoms with van der Waals surface area (Å²) in [7, 11) is 4.56. The number of hydrogen-bond acceptors (Lipinski definition) is 2. The minimum absolute atomic E-state index is 0. The van der Waals surface area contributed by atoms with Crippen LogP contribution in [0.1, 0.15) is 57.1 Å². The van der Waals surface area contributed by atoms with Crippen LogP contribution in [-0.4, -0.2) is 31.7 Å². The van der Waals surface area contributed by atoms with Gasteiger partial charge < -0.3 is 30.6 Å². The van der Waals surface area contributed by atoms with Gasteiger partial charge in [-0.2, -0.15) is 0 Å². The van der Waals surface area contributed by atoms with Crippen molar-refractivity contribution >= 4 is 63.7 Å². The van der Waals surface area contributed by atoms with Crippen LogP contribution in [0.2, 0.25) is 0 Å². The third-order valence-corrected chi connectivity index (χ3v) is 7.14. The fraction of sp³-hybridized carbons (Fsp3) is 0.565. The molecule has 0 amide bonds. The van der Waals surface area contributed by atoms with Gasteiger partial charge in [0.05, 0.1) is 36.2 Å². The Bertz CT molecular complexity index is 756. The number of furan rings is 1. The van der Waals surface area contributed by atoms with Gasteiger partial charge in [0.2, 0.25) is 0 Å². The molecule has 0 N–H and O–H groups in total. The second-order valence-electron chi connectivity index (χ2n) is 8.40. The van der Waals surface area contributed by atoms with Gasteiger partial charge >= 0.3 is 0 Å². The molecule has 0 spiro atoms. The molecular formula is C23H32Br5NO2. The van der Waals surface area contributed by atoms with Crippen molar-refractivity contribution in [3.8, 4) is 5.75 Å². The van der Waals surface area contributed by atoms with Gasteiger partial charge in [-0.3, -0.25) is 0 Å². The lowest BCUT2D eigenvalue weighted by atomic mass is 10.1. The number of ether oxygens (including phenoxy) is 1. The van der Waals surface area contributed by atoms with E-state index in [2.05, 4.69) is 83.9 Å². The van der Waals surface area contributed by atoms with Crippen LogP contribution in [0.15, 0.2) is 46.8 Å². The second-order valence-corrected chi connectivity index (χ2v) is 11.8. The minimum atomic E-state index is 0.